The molecule has 1 aliphatic rings. The molecule has 0 aliphatic heterocycles. The highest BCUT2D eigenvalue weighted by molar-refractivity contribution is 5.26. The molecule has 3 rings (SSSR count). The van der Waals surface area contributed by atoms with Gasteiger partial charge in [-0.2, -0.15) is 0 Å². The van der Waals surface area contributed by atoms with Crippen LogP contribution in [-0.4, -0.2) is 13.2 Å². The number of rotatable bonds is 6. The third kappa shape index (κ3) is 5.18. The largest absolute Gasteiger partial charge is 0.493 e. The monoisotopic (exact) mass is 346 g/mol. The van der Waals surface area contributed by atoms with Crippen molar-refractivity contribution in [2.75, 3.05) is 13.2 Å². The summed E-state index contributed by atoms with van der Waals surface area (Å²) in [4.78, 5) is 0. The third-order valence-electron chi connectivity index (χ3n) is 4.85. The molecule has 0 unspecified atom stereocenters. The van der Waals surface area contributed by atoms with E-state index in [1.165, 1.54) is 11.6 Å². The fourth-order valence-corrected chi connectivity index (χ4v) is 3.19. The number of halogens is 2. The minimum atomic E-state index is -0.866. The van der Waals surface area contributed by atoms with Crippen LogP contribution < -0.4 is 9.47 Å². The summed E-state index contributed by atoms with van der Waals surface area (Å²) in [7, 11) is 0. The fraction of sp³-hybridized carbons (Fsp3) is 0.429. The predicted molar refractivity (Wildman–Crippen MR) is 94.0 cm³/mol. The lowest BCUT2D eigenvalue weighted by Crippen LogP contribution is -2.23. The van der Waals surface area contributed by atoms with Crippen LogP contribution >= 0.6 is 0 Å². The van der Waals surface area contributed by atoms with E-state index in [-0.39, 0.29) is 0 Å². The molecule has 0 aromatic heterocycles. The molecular formula is C21H24F2O2. The maximum absolute atomic E-state index is 13.2. The van der Waals surface area contributed by atoms with Crippen molar-refractivity contribution in [1.29, 1.82) is 0 Å². The molecule has 0 saturated heterocycles. The summed E-state index contributed by atoms with van der Waals surface area (Å²) < 4.78 is 37.6. The van der Waals surface area contributed by atoms with Crippen LogP contribution in [0.15, 0.2) is 42.5 Å². The number of hydrogen-bond acceptors (Lipinski definition) is 2. The van der Waals surface area contributed by atoms with E-state index in [0.717, 1.165) is 50.2 Å². The van der Waals surface area contributed by atoms with Crippen molar-refractivity contribution in [3.63, 3.8) is 0 Å². The van der Waals surface area contributed by atoms with E-state index in [1.807, 2.05) is 12.1 Å². The summed E-state index contributed by atoms with van der Waals surface area (Å²) in [6.45, 7) is 3.36. The Morgan fingerprint density at radius 2 is 1.28 bits per heavy atom. The Labute approximate surface area is 147 Å². The Morgan fingerprint density at radius 3 is 1.84 bits per heavy atom. The molecule has 25 heavy (non-hydrogen) atoms. The second kappa shape index (κ2) is 8.32. The van der Waals surface area contributed by atoms with E-state index in [1.54, 1.807) is 0 Å². The lowest BCUT2D eigenvalue weighted by Gasteiger charge is -2.28. The summed E-state index contributed by atoms with van der Waals surface area (Å²) in [6, 6.07) is 11.8. The summed E-state index contributed by atoms with van der Waals surface area (Å²) in [5.74, 6) is 0.638. The molecule has 0 spiro atoms. The normalized spacial score (nSPS) is 20.3. The van der Waals surface area contributed by atoms with E-state index < -0.39 is 11.6 Å². The van der Waals surface area contributed by atoms with Gasteiger partial charge in [0.05, 0.1) is 13.2 Å². The first-order valence-corrected chi connectivity index (χ1v) is 8.87. The Kier molecular flexibility index (Phi) is 5.90. The van der Waals surface area contributed by atoms with E-state index in [0.29, 0.717) is 24.2 Å². The maximum Gasteiger partial charge on any atom is 0.162 e. The SMILES string of the molecule is Cc1ccc(OC[C@H]2CC[C@H](COc3ccc(F)c(F)c3)CC2)cc1. The smallest absolute Gasteiger partial charge is 0.162 e. The first kappa shape index (κ1) is 17.7. The number of aryl methyl sites for hydroxylation is 1. The first-order valence-electron chi connectivity index (χ1n) is 8.87. The summed E-state index contributed by atoms with van der Waals surface area (Å²) in [5, 5.41) is 0. The Morgan fingerprint density at radius 1 is 0.760 bits per heavy atom. The minimum absolute atomic E-state index is 0.392. The molecule has 134 valence electrons. The first-order chi connectivity index (χ1) is 12.1. The van der Waals surface area contributed by atoms with Gasteiger partial charge in [0.15, 0.2) is 11.6 Å². The van der Waals surface area contributed by atoms with Crippen molar-refractivity contribution in [3.05, 3.63) is 59.7 Å². The Bertz CT molecular complexity index is 677. The highest BCUT2D eigenvalue weighted by atomic mass is 19.2. The standard InChI is InChI=1S/C21H24F2O2/c1-15-2-8-18(9-3-15)24-13-16-4-6-17(7-5-16)14-25-19-10-11-20(22)21(23)12-19/h2-3,8-12,16-17H,4-7,13-14H2,1H3/t16-,17-. The molecule has 2 nitrogen and oxygen atoms in total. The van der Waals surface area contributed by atoms with Gasteiger partial charge < -0.3 is 9.47 Å². The van der Waals surface area contributed by atoms with Crippen molar-refractivity contribution in [2.45, 2.75) is 32.6 Å². The summed E-state index contributed by atoms with van der Waals surface area (Å²) in [6.07, 6.45) is 4.37. The van der Waals surface area contributed by atoms with Crippen LogP contribution in [0.25, 0.3) is 0 Å². The van der Waals surface area contributed by atoms with Crippen LogP contribution in [0, 0.1) is 30.4 Å². The van der Waals surface area contributed by atoms with Crippen molar-refractivity contribution in [1.82, 2.24) is 0 Å². The van der Waals surface area contributed by atoms with Gasteiger partial charge in [0.2, 0.25) is 0 Å². The second-order valence-electron chi connectivity index (χ2n) is 6.90. The van der Waals surface area contributed by atoms with Gasteiger partial charge in [0.25, 0.3) is 0 Å². The van der Waals surface area contributed by atoms with Gasteiger partial charge in [-0.15, -0.1) is 0 Å². The average molecular weight is 346 g/mol. The van der Waals surface area contributed by atoms with Crippen molar-refractivity contribution >= 4 is 0 Å². The maximum atomic E-state index is 13.2. The van der Waals surface area contributed by atoms with Gasteiger partial charge in [-0.25, -0.2) is 8.78 Å². The van der Waals surface area contributed by atoms with Crippen LogP contribution in [0.4, 0.5) is 8.78 Å². The zero-order chi connectivity index (χ0) is 17.6. The number of benzene rings is 2. The Balaban J connectivity index is 1.38. The van der Waals surface area contributed by atoms with Crippen molar-refractivity contribution < 1.29 is 18.3 Å². The molecule has 0 radical (unpaired) electrons. The summed E-state index contributed by atoms with van der Waals surface area (Å²) in [5.41, 5.74) is 1.23. The molecule has 0 bridgehead atoms. The van der Waals surface area contributed by atoms with Crippen molar-refractivity contribution in [2.24, 2.45) is 11.8 Å². The molecule has 1 fully saturated rings. The average Bonchev–Trinajstić information content (AvgIpc) is 2.63. The lowest BCUT2D eigenvalue weighted by atomic mass is 9.83. The van der Waals surface area contributed by atoms with Crippen LogP contribution in [0.1, 0.15) is 31.2 Å². The lowest BCUT2D eigenvalue weighted by molar-refractivity contribution is 0.148. The zero-order valence-corrected chi connectivity index (χ0v) is 14.5. The van der Waals surface area contributed by atoms with Gasteiger partial charge in [-0.3, -0.25) is 0 Å². The summed E-state index contributed by atoms with van der Waals surface area (Å²) >= 11 is 0. The van der Waals surface area contributed by atoms with Crippen LogP contribution in [0.2, 0.25) is 0 Å². The third-order valence-corrected chi connectivity index (χ3v) is 4.85. The highest BCUT2D eigenvalue weighted by Crippen LogP contribution is 2.30. The van der Waals surface area contributed by atoms with Gasteiger partial charge in [-0.1, -0.05) is 17.7 Å². The molecule has 2 aromatic carbocycles. The van der Waals surface area contributed by atoms with Crippen LogP contribution in [0.3, 0.4) is 0 Å². The number of hydrogen-bond donors (Lipinski definition) is 0. The minimum Gasteiger partial charge on any atom is -0.493 e. The molecule has 1 aliphatic carbocycles. The quantitative estimate of drug-likeness (QED) is 0.684. The van der Waals surface area contributed by atoms with Gasteiger partial charge in [-0.05, 0) is 68.7 Å². The topological polar surface area (TPSA) is 18.5 Å². The Hall–Kier alpha value is -2.10. The van der Waals surface area contributed by atoms with E-state index in [2.05, 4.69) is 19.1 Å². The molecule has 0 N–H and O–H groups in total. The van der Waals surface area contributed by atoms with Crippen molar-refractivity contribution in [3.8, 4) is 11.5 Å². The molecule has 2 aromatic rings. The number of ether oxygens (including phenoxy) is 2. The van der Waals surface area contributed by atoms with E-state index in [4.69, 9.17) is 9.47 Å². The van der Waals surface area contributed by atoms with Crippen LogP contribution in [-0.2, 0) is 0 Å². The van der Waals surface area contributed by atoms with Gasteiger partial charge >= 0.3 is 0 Å². The van der Waals surface area contributed by atoms with E-state index >= 15 is 0 Å². The molecule has 0 heterocycles. The van der Waals surface area contributed by atoms with Gasteiger partial charge in [0, 0.05) is 6.07 Å². The molecule has 0 atom stereocenters. The molecular weight excluding hydrogens is 322 g/mol. The fourth-order valence-electron chi connectivity index (χ4n) is 3.19. The molecule has 1 saturated carbocycles. The van der Waals surface area contributed by atoms with E-state index in [9.17, 15) is 8.78 Å². The predicted octanol–water partition coefficient (Wildman–Crippen LogP) is 5.54. The highest BCUT2D eigenvalue weighted by Gasteiger charge is 2.22. The zero-order valence-electron chi connectivity index (χ0n) is 14.5. The molecule has 0 amide bonds. The second-order valence-corrected chi connectivity index (χ2v) is 6.90. The molecule has 4 heteroatoms. The van der Waals surface area contributed by atoms with Gasteiger partial charge in [0.1, 0.15) is 11.5 Å². The van der Waals surface area contributed by atoms with Crippen LogP contribution in [0.5, 0.6) is 11.5 Å².